The van der Waals surface area contributed by atoms with Gasteiger partial charge in [-0.15, -0.1) is 11.3 Å². The first-order chi connectivity index (χ1) is 8.82. The quantitative estimate of drug-likeness (QED) is 0.913. The first kappa shape index (κ1) is 15.0. The van der Waals surface area contributed by atoms with E-state index in [1.807, 2.05) is 11.3 Å². The second kappa shape index (κ2) is 5.55. The second-order valence-electron chi connectivity index (χ2n) is 7.09. The number of rotatable bonds is 3. The van der Waals surface area contributed by atoms with Crippen molar-refractivity contribution in [3.05, 3.63) is 21.9 Å². The van der Waals surface area contributed by atoms with E-state index in [2.05, 4.69) is 51.7 Å². The van der Waals surface area contributed by atoms with Gasteiger partial charge in [-0.25, -0.2) is 0 Å². The van der Waals surface area contributed by atoms with Crippen LogP contribution >= 0.6 is 11.3 Å². The molecule has 0 radical (unpaired) electrons. The van der Waals surface area contributed by atoms with Crippen LogP contribution in [0.25, 0.3) is 0 Å². The molecule has 3 atom stereocenters. The number of likely N-dealkylation sites (tertiary alicyclic amines) is 1. The molecule has 2 nitrogen and oxygen atoms in total. The second-order valence-corrected chi connectivity index (χ2v) is 8.21. The molecule has 1 aliphatic heterocycles. The van der Waals surface area contributed by atoms with Crippen molar-refractivity contribution in [1.29, 1.82) is 0 Å². The average molecular weight is 280 g/mol. The van der Waals surface area contributed by atoms with Crippen LogP contribution in [0.2, 0.25) is 0 Å². The first-order valence-electron chi connectivity index (χ1n) is 7.39. The Kier molecular flexibility index (Phi) is 4.38. The van der Waals surface area contributed by atoms with Crippen LogP contribution in [0.3, 0.4) is 0 Å². The fraction of sp³-hybridized carbons (Fsp3) is 0.750. The highest BCUT2D eigenvalue weighted by atomic mass is 32.1. The Balaban J connectivity index is 2.20. The highest BCUT2D eigenvalue weighted by Crippen LogP contribution is 2.37. The molecule has 3 unspecified atom stereocenters. The molecule has 2 rings (SSSR count). The van der Waals surface area contributed by atoms with Gasteiger partial charge in [-0.1, -0.05) is 27.7 Å². The van der Waals surface area contributed by atoms with Crippen molar-refractivity contribution in [3.63, 3.8) is 0 Å². The predicted molar refractivity (Wildman–Crippen MR) is 84.8 cm³/mol. The van der Waals surface area contributed by atoms with Gasteiger partial charge in [-0.2, -0.15) is 0 Å². The smallest absolute Gasteiger partial charge is 0.0566 e. The third kappa shape index (κ3) is 3.21. The molecule has 3 heteroatoms. The molecule has 0 saturated carbocycles. The number of nitrogens with two attached hydrogens (primary N) is 1. The fourth-order valence-electron chi connectivity index (χ4n) is 3.12. The Morgan fingerprint density at radius 1 is 1.37 bits per heavy atom. The van der Waals surface area contributed by atoms with E-state index in [0.29, 0.717) is 12.1 Å². The van der Waals surface area contributed by atoms with Crippen molar-refractivity contribution in [3.8, 4) is 0 Å². The van der Waals surface area contributed by atoms with E-state index in [1.54, 1.807) is 0 Å². The summed E-state index contributed by atoms with van der Waals surface area (Å²) in [7, 11) is 0. The Labute approximate surface area is 122 Å². The van der Waals surface area contributed by atoms with Crippen molar-refractivity contribution < 1.29 is 0 Å². The van der Waals surface area contributed by atoms with Crippen LogP contribution in [-0.2, 0) is 5.41 Å². The molecule has 1 aromatic rings. The molecule has 1 saturated heterocycles. The minimum atomic E-state index is 0.242. The van der Waals surface area contributed by atoms with Gasteiger partial charge >= 0.3 is 0 Å². The lowest BCUT2D eigenvalue weighted by molar-refractivity contribution is 0.195. The lowest BCUT2D eigenvalue weighted by atomic mass is 9.95. The zero-order chi connectivity index (χ0) is 14.2. The van der Waals surface area contributed by atoms with Gasteiger partial charge in [-0.3, -0.25) is 4.90 Å². The molecule has 0 aliphatic carbocycles. The van der Waals surface area contributed by atoms with Crippen LogP contribution in [0.15, 0.2) is 12.1 Å². The number of hydrogen-bond acceptors (Lipinski definition) is 3. The Morgan fingerprint density at radius 2 is 2.05 bits per heavy atom. The van der Waals surface area contributed by atoms with Crippen LogP contribution < -0.4 is 5.73 Å². The van der Waals surface area contributed by atoms with Gasteiger partial charge in [0.1, 0.15) is 0 Å². The van der Waals surface area contributed by atoms with E-state index >= 15 is 0 Å². The SMILES string of the molecule is CC1CC(C)N(C(CN)c2ccc(C(C)(C)C)s2)C1. The molecule has 1 aliphatic rings. The largest absolute Gasteiger partial charge is 0.329 e. The summed E-state index contributed by atoms with van der Waals surface area (Å²) in [6.07, 6.45) is 1.30. The standard InChI is InChI=1S/C16H28N2S/c1-11-8-12(2)18(10-11)13(9-17)14-6-7-15(19-14)16(3,4)5/h6-7,11-13H,8-10,17H2,1-5H3. The molecule has 2 N–H and O–H groups in total. The van der Waals surface area contributed by atoms with Crippen molar-refractivity contribution in [2.75, 3.05) is 13.1 Å². The Bertz CT molecular complexity index is 419. The zero-order valence-corrected chi connectivity index (χ0v) is 13.8. The summed E-state index contributed by atoms with van der Waals surface area (Å²) >= 11 is 1.94. The Hall–Kier alpha value is -0.380. The highest BCUT2D eigenvalue weighted by Gasteiger charge is 2.33. The summed E-state index contributed by atoms with van der Waals surface area (Å²) in [5.74, 6) is 0.797. The first-order valence-corrected chi connectivity index (χ1v) is 8.20. The lowest BCUT2D eigenvalue weighted by Gasteiger charge is -2.30. The molecule has 0 aromatic carbocycles. The minimum Gasteiger partial charge on any atom is -0.329 e. The van der Waals surface area contributed by atoms with Gasteiger partial charge in [0.15, 0.2) is 0 Å². The molecule has 1 aromatic heterocycles. The number of thiophene rings is 1. The van der Waals surface area contributed by atoms with Gasteiger partial charge in [0.25, 0.3) is 0 Å². The van der Waals surface area contributed by atoms with E-state index in [4.69, 9.17) is 5.73 Å². The van der Waals surface area contributed by atoms with Crippen molar-refractivity contribution in [2.45, 2.75) is 58.5 Å². The molecule has 1 fully saturated rings. The fourth-order valence-corrected chi connectivity index (χ4v) is 4.32. The molecular formula is C16H28N2S. The maximum atomic E-state index is 6.08. The van der Waals surface area contributed by atoms with Crippen LogP contribution in [0, 0.1) is 5.92 Å². The maximum Gasteiger partial charge on any atom is 0.0566 e. The molecule has 0 amide bonds. The van der Waals surface area contributed by atoms with Crippen LogP contribution in [-0.4, -0.2) is 24.0 Å². The van der Waals surface area contributed by atoms with Gasteiger partial charge in [0.05, 0.1) is 6.04 Å². The molecular weight excluding hydrogens is 252 g/mol. The molecule has 19 heavy (non-hydrogen) atoms. The van der Waals surface area contributed by atoms with Crippen molar-refractivity contribution in [2.24, 2.45) is 11.7 Å². The van der Waals surface area contributed by atoms with Crippen LogP contribution in [0.1, 0.15) is 56.8 Å². The molecule has 0 spiro atoms. The summed E-state index contributed by atoms with van der Waals surface area (Å²) < 4.78 is 0. The van der Waals surface area contributed by atoms with Gasteiger partial charge in [0, 0.05) is 28.9 Å². The molecule has 0 bridgehead atoms. The normalized spacial score (nSPS) is 26.8. The third-order valence-electron chi connectivity index (χ3n) is 4.15. The topological polar surface area (TPSA) is 29.3 Å². The van der Waals surface area contributed by atoms with E-state index in [-0.39, 0.29) is 5.41 Å². The van der Waals surface area contributed by atoms with Gasteiger partial charge < -0.3 is 5.73 Å². The predicted octanol–water partition coefficient (Wildman–Crippen LogP) is 3.78. The lowest BCUT2D eigenvalue weighted by Crippen LogP contribution is -2.35. The van der Waals surface area contributed by atoms with Crippen molar-refractivity contribution in [1.82, 2.24) is 4.90 Å². The average Bonchev–Trinajstić information content (AvgIpc) is 2.87. The summed E-state index contributed by atoms with van der Waals surface area (Å²) in [4.78, 5) is 5.50. The molecule has 2 heterocycles. The van der Waals surface area contributed by atoms with E-state index < -0.39 is 0 Å². The van der Waals surface area contributed by atoms with Crippen LogP contribution in [0.4, 0.5) is 0 Å². The van der Waals surface area contributed by atoms with Crippen molar-refractivity contribution >= 4 is 11.3 Å². The summed E-state index contributed by atoms with van der Waals surface area (Å²) in [6.45, 7) is 13.4. The minimum absolute atomic E-state index is 0.242. The zero-order valence-electron chi connectivity index (χ0n) is 12.9. The maximum absolute atomic E-state index is 6.08. The third-order valence-corrected chi connectivity index (χ3v) is 5.76. The number of nitrogens with zero attached hydrogens (tertiary/aromatic N) is 1. The number of hydrogen-bond donors (Lipinski definition) is 1. The van der Waals surface area contributed by atoms with Crippen LogP contribution in [0.5, 0.6) is 0 Å². The van der Waals surface area contributed by atoms with E-state index in [0.717, 1.165) is 12.5 Å². The highest BCUT2D eigenvalue weighted by molar-refractivity contribution is 7.12. The van der Waals surface area contributed by atoms with Gasteiger partial charge in [-0.05, 0) is 36.8 Å². The summed E-state index contributed by atoms with van der Waals surface area (Å²) in [5, 5.41) is 0. The van der Waals surface area contributed by atoms with E-state index in [9.17, 15) is 0 Å². The van der Waals surface area contributed by atoms with E-state index in [1.165, 1.54) is 22.7 Å². The Morgan fingerprint density at radius 3 is 2.47 bits per heavy atom. The summed E-state index contributed by atoms with van der Waals surface area (Å²) in [5.41, 5.74) is 6.32. The van der Waals surface area contributed by atoms with Gasteiger partial charge in [0.2, 0.25) is 0 Å². The summed E-state index contributed by atoms with van der Waals surface area (Å²) in [6, 6.07) is 5.63. The molecule has 108 valence electrons. The monoisotopic (exact) mass is 280 g/mol.